The largest absolute Gasteiger partial charge is 0.489 e. The van der Waals surface area contributed by atoms with Crippen molar-refractivity contribution in [1.82, 2.24) is 0 Å². The van der Waals surface area contributed by atoms with Crippen LogP contribution >= 0.6 is 0 Å². The molecule has 0 spiro atoms. The Balaban J connectivity index is 1.93. The van der Waals surface area contributed by atoms with Crippen LogP contribution < -0.4 is 9.92 Å². The van der Waals surface area contributed by atoms with Crippen LogP contribution in [0, 0.1) is 0 Å². The number of hydrogen-bond donors (Lipinski definition) is 0. The van der Waals surface area contributed by atoms with Crippen LogP contribution in [0.25, 0.3) is 0 Å². The van der Waals surface area contributed by atoms with Crippen LogP contribution in [0.1, 0.15) is 24.5 Å². The van der Waals surface area contributed by atoms with Crippen LogP contribution in [0.15, 0.2) is 48.5 Å². The van der Waals surface area contributed by atoms with Crippen molar-refractivity contribution < 1.29 is 4.74 Å². The summed E-state index contributed by atoms with van der Waals surface area (Å²) in [4.78, 5) is 0. The summed E-state index contributed by atoms with van der Waals surface area (Å²) in [6.45, 7) is 9.96. The van der Waals surface area contributed by atoms with Crippen molar-refractivity contribution in [3.8, 4) is 5.75 Å². The number of rotatable bonds is 6. The van der Waals surface area contributed by atoms with Gasteiger partial charge in [-0.3, -0.25) is 0 Å². The molecule has 0 saturated heterocycles. The molecule has 2 rings (SSSR count). The van der Waals surface area contributed by atoms with Gasteiger partial charge in [0, 0.05) is 0 Å². The van der Waals surface area contributed by atoms with Crippen molar-refractivity contribution in [2.75, 3.05) is 0 Å². The molecule has 2 aromatic rings. The number of benzene rings is 2. The average Bonchev–Trinajstić information content (AvgIpc) is 2.46. The first-order valence-corrected chi connectivity index (χ1v) is 11.3. The highest BCUT2D eigenvalue weighted by molar-refractivity contribution is 6.88. The normalized spacial score (nSPS) is 11.4. The quantitative estimate of drug-likeness (QED) is 0.698. The molecule has 21 heavy (non-hydrogen) atoms. The lowest BCUT2D eigenvalue weighted by Crippen LogP contribution is -2.37. The summed E-state index contributed by atoms with van der Waals surface area (Å²) in [7, 11) is -1.20. The molecule has 0 bridgehead atoms. The SMILES string of the molecule is CCCc1ccc(OCc2ccc([Si](C)(C)C)cc2)cc1. The minimum absolute atomic E-state index is 0.638. The second-order valence-corrected chi connectivity index (χ2v) is 11.7. The molecule has 0 saturated carbocycles. The van der Waals surface area contributed by atoms with E-state index >= 15 is 0 Å². The highest BCUT2D eigenvalue weighted by Gasteiger charge is 2.15. The maximum Gasteiger partial charge on any atom is 0.119 e. The van der Waals surface area contributed by atoms with E-state index < -0.39 is 8.07 Å². The van der Waals surface area contributed by atoms with Gasteiger partial charge in [0.05, 0.1) is 8.07 Å². The molecule has 0 aliphatic heterocycles. The molecule has 0 atom stereocenters. The minimum Gasteiger partial charge on any atom is -0.489 e. The first-order chi connectivity index (χ1) is 9.99. The third-order valence-corrected chi connectivity index (χ3v) is 5.75. The molecule has 2 aromatic carbocycles. The number of aryl methyl sites for hydroxylation is 1. The summed E-state index contributed by atoms with van der Waals surface area (Å²) in [6.07, 6.45) is 2.32. The average molecular weight is 299 g/mol. The Morgan fingerprint density at radius 2 is 1.38 bits per heavy atom. The highest BCUT2D eigenvalue weighted by atomic mass is 28.3. The van der Waals surface area contributed by atoms with Crippen molar-refractivity contribution in [2.45, 2.75) is 46.0 Å². The fourth-order valence-electron chi connectivity index (χ4n) is 2.31. The zero-order valence-electron chi connectivity index (χ0n) is 13.6. The summed E-state index contributed by atoms with van der Waals surface area (Å²) in [5.74, 6) is 0.948. The third kappa shape index (κ3) is 4.75. The smallest absolute Gasteiger partial charge is 0.119 e. The van der Waals surface area contributed by atoms with Crippen molar-refractivity contribution in [3.63, 3.8) is 0 Å². The van der Waals surface area contributed by atoms with E-state index in [0.29, 0.717) is 6.61 Å². The molecule has 0 amide bonds. The molecular weight excluding hydrogens is 272 g/mol. The summed E-state index contributed by atoms with van der Waals surface area (Å²) in [5, 5.41) is 1.50. The van der Waals surface area contributed by atoms with Crippen LogP contribution in [0.5, 0.6) is 5.75 Å². The monoisotopic (exact) mass is 298 g/mol. The lowest BCUT2D eigenvalue weighted by molar-refractivity contribution is 0.306. The van der Waals surface area contributed by atoms with E-state index in [1.165, 1.54) is 22.7 Å². The Morgan fingerprint density at radius 1 is 0.810 bits per heavy atom. The molecule has 0 aliphatic carbocycles. The Hall–Kier alpha value is -1.54. The van der Waals surface area contributed by atoms with E-state index in [1.54, 1.807) is 0 Å². The molecule has 0 radical (unpaired) electrons. The molecule has 0 N–H and O–H groups in total. The molecule has 0 fully saturated rings. The van der Waals surface area contributed by atoms with E-state index in [9.17, 15) is 0 Å². The number of ether oxygens (including phenoxy) is 1. The van der Waals surface area contributed by atoms with Crippen LogP contribution in [0.3, 0.4) is 0 Å². The Kier molecular flexibility index (Phi) is 5.24. The Morgan fingerprint density at radius 3 is 1.90 bits per heavy atom. The highest BCUT2D eigenvalue weighted by Crippen LogP contribution is 2.15. The zero-order chi connectivity index (χ0) is 15.3. The summed E-state index contributed by atoms with van der Waals surface area (Å²) < 4.78 is 5.86. The minimum atomic E-state index is -1.20. The maximum absolute atomic E-state index is 5.86. The molecule has 0 aromatic heterocycles. The van der Waals surface area contributed by atoms with Crippen molar-refractivity contribution >= 4 is 13.3 Å². The van der Waals surface area contributed by atoms with E-state index in [0.717, 1.165) is 12.2 Å². The van der Waals surface area contributed by atoms with Gasteiger partial charge in [0.2, 0.25) is 0 Å². The fraction of sp³-hybridized carbons (Fsp3) is 0.368. The van der Waals surface area contributed by atoms with E-state index in [2.05, 4.69) is 75.1 Å². The molecule has 0 unspecified atom stereocenters. The van der Waals surface area contributed by atoms with Gasteiger partial charge in [-0.2, -0.15) is 0 Å². The molecule has 1 nitrogen and oxygen atoms in total. The van der Waals surface area contributed by atoms with Gasteiger partial charge >= 0.3 is 0 Å². The molecule has 112 valence electrons. The van der Waals surface area contributed by atoms with Crippen LogP contribution in [0.4, 0.5) is 0 Å². The van der Waals surface area contributed by atoms with Crippen molar-refractivity contribution in [1.29, 1.82) is 0 Å². The molecule has 0 heterocycles. The predicted molar refractivity (Wildman–Crippen MR) is 94.2 cm³/mol. The summed E-state index contributed by atoms with van der Waals surface area (Å²) in [5.41, 5.74) is 2.61. The second-order valence-electron chi connectivity index (χ2n) is 6.63. The van der Waals surface area contributed by atoms with E-state index in [4.69, 9.17) is 4.74 Å². The van der Waals surface area contributed by atoms with Gasteiger partial charge in [-0.1, -0.05) is 74.6 Å². The van der Waals surface area contributed by atoms with Gasteiger partial charge in [0.25, 0.3) is 0 Å². The number of hydrogen-bond acceptors (Lipinski definition) is 1. The standard InChI is InChI=1S/C19H26OSi/c1-5-6-16-7-11-18(12-8-16)20-15-17-9-13-19(14-10-17)21(2,3)4/h7-14H,5-6,15H2,1-4H3. The summed E-state index contributed by atoms with van der Waals surface area (Å²) >= 11 is 0. The second kappa shape index (κ2) is 6.95. The molecule has 0 aliphatic rings. The Bertz CT molecular complexity index is 550. The fourth-order valence-corrected chi connectivity index (χ4v) is 3.48. The first-order valence-electron chi connectivity index (χ1n) is 7.80. The molecule has 2 heteroatoms. The van der Waals surface area contributed by atoms with E-state index in [1.807, 2.05) is 0 Å². The Labute approximate surface area is 130 Å². The van der Waals surface area contributed by atoms with Crippen LogP contribution in [0.2, 0.25) is 19.6 Å². The topological polar surface area (TPSA) is 9.23 Å². The van der Waals surface area contributed by atoms with Gasteiger partial charge in [-0.15, -0.1) is 0 Å². The van der Waals surface area contributed by atoms with Crippen molar-refractivity contribution in [2.24, 2.45) is 0 Å². The van der Waals surface area contributed by atoms with Gasteiger partial charge in [-0.05, 0) is 29.7 Å². The first kappa shape index (κ1) is 15.8. The van der Waals surface area contributed by atoms with Gasteiger partial charge in [0.1, 0.15) is 12.4 Å². The molecular formula is C19H26OSi. The van der Waals surface area contributed by atoms with Gasteiger partial charge < -0.3 is 4.74 Å². The maximum atomic E-state index is 5.86. The van der Waals surface area contributed by atoms with E-state index in [-0.39, 0.29) is 0 Å². The lowest BCUT2D eigenvalue weighted by Gasteiger charge is -2.16. The third-order valence-electron chi connectivity index (χ3n) is 3.69. The lowest BCUT2D eigenvalue weighted by atomic mass is 10.1. The zero-order valence-corrected chi connectivity index (χ0v) is 14.6. The van der Waals surface area contributed by atoms with Crippen molar-refractivity contribution in [3.05, 3.63) is 59.7 Å². The van der Waals surface area contributed by atoms with Crippen LogP contribution in [-0.2, 0) is 13.0 Å². The van der Waals surface area contributed by atoms with Gasteiger partial charge in [0.15, 0.2) is 0 Å². The predicted octanol–water partition coefficient (Wildman–Crippen LogP) is 4.76. The van der Waals surface area contributed by atoms with Crippen LogP contribution in [-0.4, -0.2) is 8.07 Å². The van der Waals surface area contributed by atoms with Gasteiger partial charge in [-0.25, -0.2) is 0 Å². The summed E-state index contributed by atoms with van der Waals surface area (Å²) in [6, 6.07) is 17.4.